The first-order valence-corrected chi connectivity index (χ1v) is 11.5. The maximum atomic E-state index is 12.9. The second-order valence-electron chi connectivity index (χ2n) is 6.70. The summed E-state index contributed by atoms with van der Waals surface area (Å²) in [6, 6.07) is 12.7. The summed E-state index contributed by atoms with van der Waals surface area (Å²) >= 11 is 12.0. The Morgan fingerprint density at radius 1 is 1.17 bits per heavy atom. The summed E-state index contributed by atoms with van der Waals surface area (Å²) in [5.41, 5.74) is 1.07. The number of carbonyl (C=O) groups excluding carboxylic acids is 1. The first-order chi connectivity index (χ1) is 14.1. The highest BCUT2D eigenvalue weighted by Crippen LogP contribution is 2.24. The minimum atomic E-state index is -3.72. The Morgan fingerprint density at radius 2 is 1.87 bits per heavy atom. The Hall–Kier alpha value is -2.55. The lowest BCUT2D eigenvalue weighted by Crippen LogP contribution is -2.42. The zero-order chi connectivity index (χ0) is 21.9. The van der Waals surface area contributed by atoms with Crippen molar-refractivity contribution in [1.82, 2.24) is 14.9 Å². The molecule has 0 aliphatic rings. The number of carbonyl (C=O) groups is 1. The van der Waals surface area contributed by atoms with Crippen LogP contribution in [-0.4, -0.2) is 36.7 Å². The highest BCUT2D eigenvalue weighted by molar-refractivity contribution is 7.92. The SMILES string of the molecule is Cn1ccnc1[C@H](NC(=O)CN(c1cccc(Cl)c1)S(C)(=O)=O)c1ccc(Cl)cc1. The van der Waals surface area contributed by atoms with Crippen molar-refractivity contribution in [2.24, 2.45) is 7.05 Å². The van der Waals surface area contributed by atoms with Crippen molar-refractivity contribution in [2.45, 2.75) is 6.04 Å². The topological polar surface area (TPSA) is 84.3 Å². The van der Waals surface area contributed by atoms with Gasteiger partial charge in [0.05, 0.1) is 11.9 Å². The Bertz CT molecular complexity index is 1150. The van der Waals surface area contributed by atoms with Crippen LogP contribution in [0.1, 0.15) is 17.4 Å². The van der Waals surface area contributed by atoms with E-state index in [1.165, 1.54) is 6.07 Å². The lowest BCUT2D eigenvalue weighted by molar-refractivity contribution is -0.120. The summed E-state index contributed by atoms with van der Waals surface area (Å²) in [5.74, 6) is 0.0997. The summed E-state index contributed by atoms with van der Waals surface area (Å²) in [6.45, 7) is -0.409. The van der Waals surface area contributed by atoms with E-state index in [0.717, 1.165) is 16.1 Å². The quantitative estimate of drug-likeness (QED) is 0.578. The van der Waals surface area contributed by atoms with Crippen LogP contribution < -0.4 is 9.62 Å². The van der Waals surface area contributed by atoms with Gasteiger partial charge in [0.25, 0.3) is 0 Å². The first kappa shape index (κ1) is 22.1. The van der Waals surface area contributed by atoms with Crippen molar-refractivity contribution in [2.75, 3.05) is 17.1 Å². The van der Waals surface area contributed by atoms with Gasteiger partial charge in [-0.05, 0) is 35.9 Å². The fourth-order valence-electron chi connectivity index (χ4n) is 2.98. The van der Waals surface area contributed by atoms with Crippen LogP contribution in [0.4, 0.5) is 5.69 Å². The Labute approximate surface area is 185 Å². The summed E-state index contributed by atoms with van der Waals surface area (Å²) in [7, 11) is -1.91. The predicted molar refractivity (Wildman–Crippen MR) is 118 cm³/mol. The third-order valence-electron chi connectivity index (χ3n) is 4.41. The van der Waals surface area contributed by atoms with Crippen molar-refractivity contribution >= 4 is 44.8 Å². The van der Waals surface area contributed by atoms with Gasteiger partial charge in [-0.1, -0.05) is 41.4 Å². The number of nitrogens with one attached hydrogen (secondary N) is 1. The molecule has 0 fully saturated rings. The van der Waals surface area contributed by atoms with Gasteiger partial charge in [0.2, 0.25) is 15.9 Å². The second-order valence-corrected chi connectivity index (χ2v) is 9.48. The standard InChI is InChI=1S/C20H20Cl2N4O3S/c1-25-11-10-23-20(25)19(14-6-8-15(21)9-7-14)24-18(27)13-26(30(2,28)29)17-5-3-4-16(22)12-17/h3-12,19H,13H2,1-2H3,(H,24,27)/t19-/m1/s1. The molecule has 0 radical (unpaired) electrons. The number of nitrogens with zero attached hydrogens (tertiary/aromatic N) is 3. The first-order valence-electron chi connectivity index (χ1n) is 8.90. The summed E-state index contributed by atoms with van der Waals surface area (Å²) in [6.07, 6.45) is 4.43. The maximum absolute atomic E-state index is 12.9. The highest BCUT2D eigenvalue weighted by atomic mass is 35.5. The zero-order valence-corrected chi connectivity index (χ0v) is 18.6. The van der Waals surface area contributed by atoms with Gasteiger partial charge in [0.15, 0.2) is 0 Å². The van der Waals surface area contributed by atoms with Crippen LogP contribution in [0.3, 0.4) is 0 Å². The van der Waals surface area contributed by atoms with Crippen LogP contribution in [0.5, 0.6) is 0 Å². The van der Waals surface area contributed by atoms with E-state index < -0.39 is 28.5 Å². The van der Waals surface area contributed by atoms with Crippen molar-refractivity contribution in [3.8, 4) is 0 Å². The van der Waals surface area contributed by atoms with Crippen LogP contribution in [0.25, 0.3) is 0 Å². The van der Waals surface area contributed by atoms with Gasteiger partial charge in [-0.3, -0.25) is 9.10 Å². The summed E-state index contributed by atoms with van der Waals surface area (Å²) in [5, 5.41) is 3.81. The molecule has 3 aromatic rings. The molecule has 0 aliphatic heterocycles. The third-order valence-corrected chi connectivity index (χ3v) is 6.04. The molecule has 0 bridgehead atoms. The Balaban J connectivity index is 1.89. The number of sulfonamides is 1. The highest BCUT2D eigenvalue weighted by Gasteiger charge is 2.25. The smallest absolute Gasteiger partial charge is 0.241 e. The maximum Gasteiger partial charge on any atom is 0.241 e. The number of hydrogen-bond acceptors (Lipinski definition) is 4. The Kier molecular flexibility index (Phi) is 6.70. The number of rotatable bonds is 7. The number of amides is 1. The Morgan fingerprint density at radius 3 is 2.43 bits per heavy atom. The fourth-order valence-corrected chi connectivity index (χ4v) is 4.13. The molecule has 1 heterocycles. The summed E-state index contributed by atoms with van der Waals surface area (Å²) in [4.78, 5) is 17.2. The molecule has 0 spiro atoms. The largest absolute Gasteiger partial charge is 0.341 e. The molecule has 0 saturated heterocycles. The lowest BCUT2D eigenvalue weighted by atomic mass is 10.1. The molecular formula is C20H20Cl2N4O3S. The number of aromatic nitrogens is 2. The molecule has 7 nitrogen and oxygen atoms in total. The monoisotopic (exact) mass is 466 g/mol. The van der Waals surface area contributed by atoms with E-state index in [2.05, 4.69) is 10.3 Å². The molecule has 1 atom stereocenters. The molecule has 2 aromatic carbocycles. The van der Waals surface area contributed by atoms with E-state index >= 15 is 0 Å². The number of hydrogen-bond donors (Lipinski definition) is 1. The van der Waals surface area contributed by atoms with Gasteiger partial charge in [0.1, 0.15) is 18.4 Å². The zero-order valence-electron chi connectivity index (χ0n) is 16.3. The molecular weight excluding hydrogens is 447 g/mol. The molecule has 0 saturated carbocycles. The van der Waals surface area contributed by atoms with Gasteiger partial charge in [-0.25, -0.2) is 13.4 Å². The van der Waals surface area contributed by atoms with Gasteiger partial charge >= 0.3 is 0 Å². The summed E-state index contributed by atoms with van der Waals surface area (Å²) < 4.78 is 27.4. The molecule has 1 amide bonds. The van der Waals surface area contributed by atoms with Crippen molar-refractivity contribution in [1.29, 1.82) is 0 Å². The predicted octanol–water partition coefficient (Wildman–Crippen LogP) is 3.40. The molecule has 1 aromatic heterocycles. The van der Waals surface area contributed by atoms with Gasteiger partial charge in [-0.15, -0.1) is 0 Å². The van der Waals surface area contributed by atoms with Crippen molar-refractivity contribution in [3.63, 3.8) is 0 Å². The van der Waals surface area contributed by atoms with Gasteiger partial charge in [0, 0.05) is 29.5 Å². The minimum Gasteiger partial charge on any atom is -0.341 e. The van der Waals surface area contributed by atoms with Crippen LogP contribution >= 0.6 is 23.2 Å². The molecule has 3 rings (SSSR count). The van der Waals surface area contributed by atoms with E-state index in [4.69, 9.17) is 23.2 Å². The molecule has 10 heteroatoms. The van der Waals surface area contributed by atoms with E-state index in [9.17, 15) is 13.2 Å². The van der Waals surface area contributed by atoms with Crippen molar-refractivity contribution < 1.29 is 13.2 Å². The number of aryl methyl sites for hydroxylation is 1. The van der Waals surface area contributed by atoms with E-state index in [1.54, 1.807) is 59.4 Å². The van der Waals surface area contributed by atoms with Crippen LogP contribution in [0, 0.1) is 0 Å². The normalized spacial score (nSPS) is 12.4. The number of halogens is 2. The molecule has 0 aliphatic carbocycles. The van der Waals surface area contributed by atoms with Crippen LogP contribution in [-0.2, 0) is 21.9 Å². The molecule has 1 N–H and O–H groups in total. The van der Waals surface area contributed by atoms with Crippen LogP contribution in [0.2, 0.25) is 10.0 Å². The van der Waals surface area contributed by atoms with Crippen molar-refractivity contribution in [3.05, 3.63) is 82.4 Å². The molecule has 0 unspecified atom stereocenters. The molecule has 158 valence electrons. The average molecular weight is 467 g/mol. The number of anilines is 1. The lowest BCUT2D eigenvalue weighted by Gasteiger charge is -2.24. The van der Waals surface area contributed by atoms with Crippen LogP contribution in [0.15, 0.2) is 60.9 Å². The van der Waals surface area contributed by atoms with E-state index in [1.807, 2.05) is 7.05 Å². The van der Waals surface area contributed by atoms with Gasteiger partial charge in [-0.2, -0.15) is 0 Å². The third kappa shape index (κ3) is 5.33. The van der Waals surface area contributed by atoms with E-state index in [0.29, 0.717) is 21.6 Å². The number of benzene rings is 2. The molecule has 30 heavy (non-hydrogen) atoms. The number of imidazole rings is 1. The van der Waals surface area contributed by atoms with E-state index in [-0.39, 0.29) is 0 Å². The average Bonchev–Trinajstić information content (AvgIpc) is 3.10. The second kappa shape index (κ2) is 9.07. The fraction of sp³-hybridized carbons (Fsp3) is 0.200. The van der Waals surface area contributed by atoms with Gasteiger partial charge < -0.3 is 9.88 Å². The minimum absolute atomic E-state index is 0.306.